The molecule has 11 heteroatoms. The van der Waals surface area contributed by atoms with Crippen LogP contribution in [-0.2, 0) is 25.6 Å². The van der Waals surface area contributed by atoms with E-state index in [-0.39, 0.29) is 24.0 Å². The van der Waals surface area contributed by atoms with Crippen molar-refractivity contribution >= 4 is 41.0 Å². The number of nitrogens with two attached hydrogens (primary N) is 1. The molecule has 0 spiro atoms. The van der Waals surface area contributed by atoms with Crippen molar-refractivity contribution in [2.75, 3.05) is 33.1 Å². The fourth-order valence-corrected chi connectivity index (χ4v) is 6.16. The molecule has 1 amide bonds. The van der Waals surface area contributed by atoms with Crippen LogP contribution in [-0.4, -0.2) is 90.3 Å². The van der Waals surface area contributed by atoms with Crippen molar-refractivity contribution in [2.45, 2.75) is 24.5 Å². The van der Waals surface area contributed by atoms with Gasteiger partial charge in [0.25, 0.3) is 0 Å². The Bertz CT molecular complexity index is 1210. The number of benzene rings is 1. The van der Waals surface area contributed by atoms with Gasteiger partial charge in [-0.3, -0.25) is 33.7 Å². The van der Waals surface area contributed by atoms with Gasteiger partial charge >= 0.3 is 0 Å². The van der Waals surface area contributed by atoms with E-state index in [1.165, 1.54) is 25.1 Å². The number of Topliss-reactive ketones (excluding diaryl/α,β-unsaturated/α-hetero) is 4. The summed E-state index contributed by atoms with van der Waals surface area (Å²) in [5.74, 6) is -11.3. The standard InChI is InChI=1S/C24H27N3O8/c1-26(2)13-7-10(8-28)18(29)15-11(13)5-9-6-12-17(27(3)4)20(31)16(23(25)34)22(33)24(12,35)21(32)14(9)19(15)30/h7-9,12,14,16-17,29,35H,5-6H2,1-4H3,(H2,25,34)/t9-,12-,14?,16?,17?,24-/m1/s1. The number of rotatable bonds is 4. The Morgan fingerprint density at radius 1 is 1.14 bits per heavy atom. The number of phenolic OH excluding ortho intramolecular Hbond substituents is 1. The molecule has 2 fully saturated rings. The number of anilines is 1. The third-order valence-corrected chi connectivity index (χ3v) is 7.68. The van der Waals surface area contributed by atoms with E-state index in [1.807, 2.05) is 0 Å². The Balaban J connectivity index is 1.92. The molecule has 4 N–H and O–H groups in total. The van der Waals surface area contributed by atoms with Crippen LogP contribution in [0.3, 0.4) is 0 Å². The molecule has 0 radical (unpaired) electrons. The largest absolute Gasteiger partial charge is 0.506 e. The van der Waals surface area contributed by atoms with Gasteiger partial charge in [-0.2, -0.15) is 0 Å². The Morgan fingerprint density at radius 3 is 2.29 bits per heavy atom. The second kappa shape index (κ2) is 8.06. The first-order chi connectivity index (χ1) is 16.3. The van der Waals surface area contributed by atoms with E-state index in [9.17, 15) is 39.0 Å². The first-order valence-corrected chi connectivity index (χ1v) is 11.1. The maximum absolute atomic E-state index is 13.7. The number of carbonyl (C=O) groups excluding carboxylic acids is 6. The van der Waals surface area contributed by atoms with Gasteiger partial charge in [0.1, 0.15) is 5.75 Å². The van der Waals surface area contributed by atoms with Gasteiger partial charge in [0, 0.05) is 25.7 Å². The van der Waals surface area contributed by atoms with E-state index in [0.717, 1.165) is 0 Å². The molecular formula is C24H27N3O8. The number of aldehydes is 1. The highest BCUT2D eigenvalue weighted by molar-refractivity contribution is 6.32. The normalized spacial score (nSPS) is 32.1. The zero-order valence-electron chi connectivity index (χ0n) is 19.8. The molecule has 0 aliphatic heterocycles. The summed E-state index contributed by atoms with van der Waals surface area (Å²) in [4.78, 5) is 80.3. The molecule has 0 saturated heterocycles. The van der Waals surface area contributed by atoms with Crippen LogP contribution in [0.1, 0.15) is 32.7 Å². The Morgan fingerprint density at radius 2 is 1.77 bits per heavy atom. The number of aliphatic hydroxyl groups is 1. The lowest BCUT2D eigenvalue weighted by molar-refractivity contribution is -0.181. The van der Waals surface area contributed by atoms with Crippen molar-refractivity contribution in [3.63, 3.8) is 0 Å². The van der Waals surface area contributed by atoms with Crippen molar-refractivity contribution in [3.8, 4) is 5.75 Å². The summed E-state index contributed by atoms with van der Waals surface area (Å²) in [6.45, 7) is 0. The zero-order chi connectivity index (χ0) is 26.1. The van der Waals surface area contributed by atoms with Gasteiger partial charge in [-0.1, -0.05) is 0 Å². The number of ketones is 4. The van der Waals surface area contributed by atoms with Crippen molar-refractivity contribution in [1.82, 2.24) is 4.90 Å². The van der Waals surface area contributed by atoms with Gasteiger partial charge in [-0.15, -0.1) is 0 Å². The average molecular weight is 485 g/mol. The maximum Gasteiger partial charge on any atom is 0.235 e. The highest BCUT2D eigenvalue weighted by Crippen LogP contribution is 2.52. The van der Waals surface area contributed by atoms with Crippen LogP contribution in [0.4, 0.5) is 5.69 Å². The van der Waals surface area contributed by atoms with Crippen molar-refractivity contribution in [2.24, 2.45) is 29.4 Å². The van der Waals surface area contributed by atoms with E-state index in [1.54, 1.807) is 19.0 Å². The molecule has 0 bridgehead atoms. The smallest absolute Gasteiger partial charge is 0.235 e. The molecular weight excluding hydrogens is 458 g/mol. The number of amides is 1. The number of phenols is 1. The lowest BCUT2D eigenvalue weighted by Gasteiger charge is -2.52. The highest BCUT2D eigenvalue weighted by atomic mass is 16.3. The number of likely N-dealkylation sites (N-methyl/N-ethyl adjacent to an activating group) is 1. The molecule has 1 aromatic carbocycles. The molecule has 1 aromatic rings. The quantitative estimate of drug-likeness (QED) is 0.345. The zero-order valence-corrected chi connectivity index (χ0v) is 19.8. The van der Waals surface area contributed by atoms with Crippen LogP contribution >= 0.6 is 0 Å². The topological polar surface area (TPSA) is 175 Å². The Kier molecular flexibility index (Phi) is 5.68. The number of primary amides is 1. The summed E-state index contributed by atoms with van der Waals surface area (Å²) in [5, 5.41) is 22.2. The average Bonchev–Trinajstić information content (AvgIpc) is 2.75. The fourth-order valence-electron chi connectivity index (χ4n) is 6.16. The summed E-state index contributed by atoms with van der Waals surface area (Å²) in [6.07, 6.45) is 0.489. The first-order valence-electron chi connectivity index (χ1n) is 11.1. The molecule has 2 saturated carbocycles. The summed E-state index contributed by atoms with van der Waals surface area (Å²) >= 11 is 0. The number of aromatic hydroxyl groups is 1. The minimum Gasteiger partial charge on any atom is -0.506 e. The van der Waals surface area contributed by atoms with Crippen LogP contribution in [0.2, 0.25) is 0 Å². The van der Waals surface area contributed by atoms with Gasteiger partial charge < -0.3 is 20.8 Å². The van der Waals surface area contributed by atoms with Crippen LogP contribution in [0.25, 0.3) is 0 Å². The van der Waals surface area contributed by atoms with E-state index >= 15 is 0 Å². The number of nitrogens with zero attached hydrogens (tertiary/aromatic N) is 2. The predicted octanol–water partition coefficient (Wildman–Crippen LogP) is -1.25. The van der Waals surface area contributed by atoms with E-state index in [4.69, 9.17) is 5.73 Å². The second-order valence-corrected chi connectivity index (χ2v) is 9.99. The summed E-state index contributed by atoms with van der Waals surface area (Å²) in [5.41, 5.74) is 3.12. The Hall–Kier alpha value is -3.44. The maximum atomic E-state index is 13.7. The number of fused-ring (bicyclic) bond motifs is 3. The van der Waals surface area contributed by atoms with E-state index < -0.39 is 70.1 Å². The summed E-state index contributed by atoms with van der Waals surface area (Å²) in [7, 11) is 6.45. The molecule has 4 rings (SSSR count). The third-order valence-electron chi connectivity index (χ3n) is 7.68. The molecule has 0 aromatic heterocycles. The molecule has 6 atom stereocenters. The molecule has 3 aliphatic rings. The van der Waals surface area contributed by atoms with Gasteiger partial charge in [0.05, 0.1) is 23.1 Å². The SMILES string of the molecule is CN(C)c1cc(C=O)c(O)c2c1C[C@@H]1C[C@@H]3C(N(C)C)C(=O)C(C(N)=O)C(=O)[C@]3(O)C(=O)C1C2=O. The number of carbonyl (C=O) groups is 6. The highest BCUT2D eigenvalue weighted by Gasteiger charge is 2.69. The van der Waals surface area contributed by atoms with Crippen LogP contribution < -0.4 is 10.6 Å². The molecule has 3 aliphatic carbocycles. The number of hydrogen-bond acceptors (Lipinski definition) is 10. The first kappa shape index (κ1) is 24.7. The number of hydrogen-bond donors (Lipinski definition) is 3. The second-order valence-electron chi connectivity index (χ2n) is 9.99. The molecule has 3 unspecified atom stereocenters. The third kappa shape index (κ3) is 3.18. The monoisotopic (exact) mass is 485 g/mol. The van der Waals surface area contributed by atoms with Crippen molar-refractivity contribution in [3.05, 3.63) is 22.8 Å². The predicted molar refractivity (Wildman–Crippen MR) is 121 cm³/mol. The summed E-state index contributed by atoms with van der Waals surface area (Å²) in [6, 6.07) is 0.291. The summed E-state index contributed by atoms with van der Waals surface area (Å²) < 4.78 is 0. The molecule has 11 nitrogen and oxygen atoms in total. The molecule has 0 heterocycles. The lowest BCUT2D eigenvalue weighted by atomic mass is 9.52. The molecule has 35 heavy (non-hydrogen) atoms. The van der Waals surface area contributed by atoms with Gasteiger partial charge in [-0.25, -0.2) is 0 Å². The van der Waals surface area contributed by atoms with Gasteiger partial charge in [0.15, 0.2) is 40.9 Å². The van der Waals surface area contributed by atoms with Crippen molar-refractivity contribution < 1.29 is 39.0 Å². The minimum absolute atomic E-state index is 0.0348. The van der Waals surface area contributed by atoms with Crippen LogP contribution in [0.15, 0.2) is 6.07 Å². The van der Waals surface area contributed by atoms with Crippen molar-refractivity contribution in [1.29, 1.82) is 0 Å². The van der Waals surface area contributed by atoms with Crippen LogP contribution in [0.5, 0.6) is 5.75 Å². The fraction of sp³-hybridized carbons (Fsp3) is 0.500. The minimum atomic E-state index is -2.78. The van der Waals surface area contributed by atoms with Crippen LogP contribution in [0, 0.1) is 23.7 Å². The lowest BCUT2D eigenvalue weighted by Crippen LogP contribution is -2.74. The van der Waals surface area contributed by atoms with Gasteiger partial charge in [-0.05, 0) is 44.5 Å². The van der Waals surface area contributed by atoms with E-state index in [2.05, 4.69) is 0 Å². The molecule has 186 valence electrons. The Labute approximate surface area is 200 Å². The van der Waals surface area contributed by atoms with E-state index in [0.29, 0.717) is 17.5 Å². The van der Waals surface area contributed by atoms with Gasteiger partial charge in [0.2, 0.25) is 5.91 Å².